The molecule has 2 aromatic heterocycles. The highest BCUT2D eigenvalue weighted by atomic mass is 32.1. The van der Waals surface area contributed by atoms with Gasteiger partial charge in [0.25, 0.3) is 5.91 Å². The second-order valence-corrected chi connectivity index (χ2v) is 7.70. The minimum atomic E-state index is -0.0738. The molecule has 112 valence electrons. The summed E-state index contributed by atoms with van der Waals surface area (Å²) >= 11 is 1.38. The van der Waals surface area contributed by atoms with Gasteiger partial charge in [-0.2, -0.15) is 0 Å². The van der Waals surface area contributed by atoms with Crippen LogP contribution in [0.2, 0.25) is 0 Å². The van der Waals surface area contributed by atoms with Crippen LogP contribution in [0.3, 0.4) is 0 Å². The number of aromatic nitrogens is 1. The summed E-state index contributed by atoms with van der Waals surface area (Å²) in [6, 6.07) is 2.00. The van der Waals surface area contributed by atoms with Crippen molar-refractivity contribution in [3.8, 4) is 0 Å². The minimum absolute atomic E-state index is 0.0738. The van der Waals surface area contributed by atoms with Crippen LogP contribution in [0.5, 0.6) is 0 Å². The van der Waals surface area contributed by atoms with Crippen molar-refractivity contribution in [2.24, 2.45) is 11.3 Å². The van der Waals surface area contributed by atoms with Gasteiger partial charge in [-0.15, -0.1) is 11.3 Å². The first-order valence-electron chi connectivity index (χ1n) is 7.24. The molecule has 1 saturated carbocycles. The first kappa shape index (κ1) is 14.3. The molecule has 1 fully saturated rings. The molecule has 2 heterocycles. The zero-order chi connectivity index (χ0) is 15.4. The van der Waals surface area contributed by atoms with Crippen molar-refractivity contribution in [3.63, 3.8) is 0 Å². The number of fused-ring (bicyclic) bond motifs is 1. The number of thiophene rings is 1. The Kier molecular flexibility index (Phi) is 3.20. The third kappa shape index (κ3) is 2.50. The van der Waals surface area contributed by atoms with Crippen molar-refractivity contribution in [3.05, 3.63) is 22.2 Å². The van der Waals surface area contributed by atoms with Crippen LogP contribution in [0.1, 0.15) is 41.2 Å². The molecule has 2 aromatic rings. The maximum Gasteiger partial charge on any atom is 0.263 e. The van der Waals surface area contributed by atoms with Gasteiger partial charge in [-0.25, -0.2) is 4.98 Å². The third-order valence-electron chi connectivity index (χ3n) is 4.46. The Morgan fingerprint density at radius 3 is 2.81 bits per heavy atom. The number of carbonyl (C=O) groups is 1. The Morgan fingerprint density at radius 1 is 1.52 bits per heavy atom. The van der Waals surface area contributed by atoms with Gasteiger partial charge in [-0.05, 0) is 43.2 Å². The number of hydrogen-bond donors (Lipinski definition) is 2. The Bertz CT molecular complexity index is 733. The maximum absolute atomic E-state index is 12.4. The molecule has 0 saturated heterocycles. The van der Waals surface area contributed by atoms with Gasteiger partial charge in [0.15, 0.2) is 0 Å². The summed E-state index contributed by atoms with van der Waals surface area (Å²) in [5.41, 5.74) is 9.14. The van der Waals surface area contributed by atoms with Gasteiger partial charge < -0.3 is 11.1 Å². The average Bonchev–Trinajstić information content (AvgIpc) is 2.84. The van der Waals surface area contributed by atoms with E-state index in [0.717, 1.165) is 28.0 Å². The van der Waals surface area contributed by atoms with E-state index < -0.39 is 0 Å². The highest BCUT2D eigenvalue weighted by Gasteiger charge is 2.45. The van der Waals surface area contributed by atoms with Gasteiger partial charge in [0.05, 0.1) is 5.69 Å². The second-order valence-electron chi connectivity index (χ2n) is 6.71. The number of hydrogen-bond acceptors (Lipinski definition) is 4. The highest BCUT2D eigenvalue weighted by molar-refractivity contribution is 7.21. The fourth-order valence-corrected chi connectivity index (χ4v) is 3.99. The van der Waals surface area contributed by atoms with E-state index in [-0.39, 0.29) is 5.91 Å². The van der Waals surface area contributed by atoms with Crippen LogP contribution in [0, 0.1) is 25.2 Å². The molecular weight excluding hydrogens is 282 g/mol. The van der Waals surface area contributed by atoms with Crippen LogP contribution in [0.4, 0.5) is 5.69 Å². The predicted molar refractivity (Wildman–Crippen MR) is 87.7 cm³/mol. The second kappa shape index (κ2) is 4.70. The maximum atomic E-state index is 12.4. The minimum Gasteiger partial charge on any atom is -0.397 e. The summed E-state index contributed by atoms with van der Waals surface area (Å²) in [4.78, 5) is 18.3. The number of amides is 1. The predicted octanol–water partition coefficient (Wildman–Crippen LogP) is 3.27. The normalized spacial score (nSPS) is 19.7. The zero-order valence-electron chi connectivity index (χ0n) is 12.9. The van der Waals surface area contributed by atoms with Crippen LogP contribution >= 0.6 is 11.3 Å². The Hall–Kier alpha value is -1.62. The summed E-state index contributed by atoms with van der Waals surface area (Å²) in [5.74, 6) is 0.509. The van der Waals surface area contributed by atoms with E-state index in [2.05, 4.69) is 24.1 Å². The molecule has 1 atom stereocenters. The molecule has 3 rings (SSSR count). The molecule has 0 bridgehead atoms. The largest absolute Gasteiger partial charge is 0.397 e. The van der Waals surface area contributed by atoms with E-state index in [9.17, 15) is 4.79 Å². The number of nitrogens with two attached hydrogens (primary N) is 1. The Labute approximate surface area is 128 Å². The van der Waals surface area contributed by atoms with Crippen molar-refractivity contribution < 1.29 is 4.79 Å². The molecule has 0 aliphatic heterocycles. The SMILES string of the molecule is Cc1cc(C)c2c(N)c(C(=O)NCC3CC3(C)C)sc2n1. The van der Waals surface area contributed by atoms with E-state index in [0.29, 0.717) is 21.9 Å². The number of nitrogens with zero attached hydrogens (tertiary/aromatic N) is 1. The van der Waals surface area contributed by atoms with Crippen LogP contribution in [0.25, 0.3) is 10.2 Å². The Morgan fingerprint density at radius 2 is 2.19 bits per heavy atom. The summed E-state index contributed by atoms with van der Waals surface area (Å²) in [5, 5.41) is 3.94. The van der Waals surface area contributed by atoms with E-state index in [1.807, 2.05) is 19.9 Å². The lowest BCUT2D eigenvalue weighted by Gasteiger charge is -2.06. The molecule has 3 N–H and O–H groups in total. The molecule has 0 aromatic carbocycles. The number of aryl methyl sites for hydroxylation is 2. The smallest absolute Gasteiger partial charge is 0.263 e. The molecule has 1 amide bonds. The topological polar surface area (TPSA) is 68.0 Å². The Balaban J connectivity index is 1.85. The van der Waals surface area contributed by atoms with Crippen LogP contribution in [-0.2, 0) is 0 Å². The fourth-order valence-electron chi connectivity index (χ4n) is 2.86. The van der Waals surface area contributed by atoms with Crippen LogP contribution in [-0.4, -0.2) is 17.4 Å². The lowest BCUT2D eigenvalue weighted by molar-refractivity contribution is 0.0955. The molecule has 0 radical (unpaired) electrons. The summed E-state index contributed by atoms with van der Waals surface area (Å²) in [7, 11) is 0. The third-order valence-corrected chi connectivity index (χ3v) is 5.56. The van der Waals surface area contributed by atoms with E-state index in [4.69, 9.17) is 5.73 Å². The average molecular weight is 303 g/mol. The number of nitrogens with one attached hydrogen (secondary N) is 1. The summed E-state index contributed by atoms with van der Waals surface area (Å²) in [6.45, 7) is 9.15. The van der Waals surface area contributed by atoms with Crippen LogP contribution < -0.4 is 11.1 Å². The lowest BCUT2D eigenvalue weighted by Crippen LogP contribution is -2.26. The van der Waals surface area contributed by atoms with Crippen molar-refractivity contribution >= 4 is 33.1 Å². The quantitative estimate of drug-likeness (QED) is 0.914. The molecule has 21 heavy (non-hydrogen) atoms. The number of anilines is 1. The van der Waals surface area contributed by atoms with E-state index in [1.54, 1.807) is 0 Å². The van der Waals surface area contributed by atoms with Crippen molar-refractivity contribution in [1.29, 1.82) is 0 Å². The number of rotatable bonds is 3. The lowest BCUT2D eigenvalue weighted by atomic mass is 10.1. The van der Waals surface area contributed by atoms with Crippen molar-refractivity contribution in [2.45, 2.75) is 34.1 Å². The number of pyridine rings is 1. The molecule has 4 nitrogen and oxygen atoms in total. The van der Waals surface area contributed by atoms with E-state index >= 15 is 0 Å². The van der Waals surface area contributed by atoms with Gasteiger partial charge in [-0.3, -0.25) is 4.79 Å². The molecule has 1 aliphatic rings. The van der Waals surface area contributed by atoms with Gasteiger partial charge in [0.1, 0.15) is 9.71 Å². The molecule has 5 heteroatoms. The summed E-state index contributed by atoms with van der Waals surface area (Å²) < 4.78 is 0. The van der Waals surface area contributed by atoms with Crippen LogP contribution in [0.15, 0.2) is 6.07 Å². The molecule has 1 unspecified atom stereocenters. The molecule has 0 spiro atoms. The standard InChI is InChI=1S/C16H21N3OS/c1-8-5-9(2)19-15-11(8)12(17)13(21-15)14(20)18-7-10-6-16(10,3)4/h5,10H,6-7,17H2,1-4H3,(H,18,20). The summed E-state index contributed by atoms with van der Waals surface area (Å²) in [6.07, 6.45) is 1.18. The molecular formula is C16H21N3OS. The van der Waals surface area contributed by atoms with E-state index in [1.165, 1.54) is 17.8 Å². The number of carbonyl (C=O) groups excluding carboxylic acids is 1. The zero-order valence-corrected chi connectivity index (χ0v) is 13.7. The fraction of sp³-hybridized carbons (Fsp3) is 0.500. The first-order chi connectivity index (χ1) is 9.79. The highest BCUT2D eigenvalue weighted by Crippen LogP contribution is 2.51. The van der Waals surface area contributed by atoms with Crippen molar-refractivity contribution in [1.82, 2.24) is 10.3 Å². The first-order valence-corrected chi connectivity index (χ1v) is 8.05. The monoisotopic (exact) mass is 303 g/mol. The van der Waals surface area contributed by atoms with Gasteiger partial charge in [0, 0.05) is 17.6 Å². The number of nitrogen functional groups attached to an aromatic ring is 1. The van der Waals surface area contributed by atoms with Gasteiger partial charge >= 0.3 is 0 Å². The molecule has 1 aliphatic carbocycles. The van der Waals surface area contributed by atoms with Gasteiger partial charge in [-0.1, -0.05) is 13.8 Å². The van der Waals surface area contributed by atoms with Gasteiger partial charge in [0.2, 0.25) is 0 Å². The van der Waals surface area contributed by atoms with Crippen molar-refractivity contribution in [2.75, 3.05) is 12.3 Å².